The van der Waals surface area contributed by atoms with Crippen LogP contribution in [0.3, 0.4) is 0 Å². The molecule has 26 heavy (non-hydrogen) atoms. The number of nitrogens with one attached hydrogen (secondary N) is 1. The molecule has 0 spiro atoms. The molecule has 0 radical (unpaired) electrons. The zero-order valence-corrected chi connectivity index (χ0v) is 16.5. The number of carbonyl (C=O) groups excluding carboxylic acids is 2. The van der Waals surface area contributed by atoms with Crippen LogP contribution in [0.25, 0.3) is 0 Å². The van der Waals surface area contributed by atoms with Gasteiger partial charge in [-0.2, -0.15) is 0 Å². The lowest BCUT2D eigenvalue weighted by atomic mass is 10.2. The number of anilines is 1. The van der Waals surface area contributed by atoms with Crippen molar-refractivity contribution in [2.24, 2.45) is 0 Å². The highest BCUT2D eigenvalue weighted by atomic mass is 32.2. The number of aryl methyl sites for hydroxylation is 1. The predicted octanol–water partition coefficient (Wildman–Crippen LogP) is 1.53. The first kappa shape index (κ1) is 20.6. The summed E-state index contributed by atoms with van der Waals surface area (Å²) in [7, 11) is 0. The normalized spacial score (nSPS) is 14.2. The van der Waals surface area contributed by atoms with Gasteiger partial charge in [-0.3, -0.25) is 9.59 Å². The maximum atomic E-state index is 12.0. The first-order valence-electron chi connectivity index (χ1n) is 9.11. The van der Waals surface area contributed by atoms with Crippen LogP contribution in [0, 0.1) is 6.92 Å². The quantitative estimate of drug-likeness (QED) is 0.705. The van der Waals surface area contributed by atoms with Crippen LogP contribution in [0.4, 0.5) is 5.69 Å². The zero-order chi connectivity index (χ0) is 18.8. The molecule has 0 aliphatic carbocycles. The Kier molecular flexibility index (Phi) is 8.77. The number of morpholine rings is 1. The second kappa shape index (κ2) is 11.1. The summed E-state index contributed by atoms with van der Waals surface area (Å²) in [5.74, 6) is 0.720. The number of hydrogen-bond acceptors (Lipinski definition) is 5. The van der Waals surface area contributed by atoms with E-state index in [0.717, 1.165) is 13.1 Å². The summed E-state index contributed by atoms with van der Waals surface area (Å²) in [6.45, 7) is 8.95. The minimum atomic E-state index is -0.0231. The highest BCUT2D eigenvalue weighted by Crippen LogP contribution is 2.15. The SMILES string of the molecule is CCN(CCNC(=O)CSCC(=O)N1CCOCC1)c1cccc(C)c1. The van der Waals surface area contributed by atoms with Crippen LogP contribution in [0.5, 0.6) is 0 Å². The number of likely N-dealkylation sites (N-methyl/N-ethyl adjacent to an activating group) is 1. The molecule has 2 rings (SSSR count). The summed E-state index contributed by atoms with van der Waals surface area (Å²) in [5.41, 5.74) is 2.40. The van der Waals surface area contributed by atoms with Gasteiger partial charge >= 0.3 is 0 Å². The van der Waals surface area contributed by atoms with E-state index in [1.54, 1.807) is 4.90 Å². The van der Waals surface area contributed by atoms with Crippen LogP contribution in [0.1, 0.15) is 12.5 Å². The topological polar surface area (TPSA) is 61.9 Å². The Morgan fingerprint density at radius 1 is 1.27 bits per heavy atom. The fourth-order valence-electron chi connectivity index (χ4n) is 2.81. The number of amides is 2. The van der Waals surface area contributed by atoms with Crippen molar-refractivity contribution in [1.29, 1.82) is 0 Å². The molecule has 0 saturated carbocycles. The molecule has 1 aromatic rings. The van der Waals surface area contributed by atoms with Crippen LogP contribution >= 0.6 is 11.8 Å². The Morgan fingerprint density at radius 3 is 2.73 bits per heavy atom. The smallest absolute Gasteiger partial charge is 0.232 e. The average molecular weight is 380 g/mol. The lowest BCUT2D eigenvalue weighted by Gasteiger charge is -2.26. The van der Waals surface area contributed by atoms with Gasteiger partial charge in [0.15, 0.2) is 0 Å². The second-order valence-electron chi connectivity index (χ2n) is 6.25. The third-order valence-electron chi connectivity index (χ3n) is 4.27. The minimum absolute atomic E-state index is 0.0231. The molecule has 6 nitrogen and oxygen atoms in total. The molecule has 1 saturated heterocycles. The molecule has 1 heterocycles. The number of hydrogen-bond donors (Lipinski definition) is 1. The molecule has 1 N–H and O–H groups in total. The number of carbonyl (C=O) groups is 2. The largest absolute Gasteiger partial charge is 0.378 e. The molecule has 7 heteroatoms. The van der Waals surface area contributed by atoms with Crippen molar-refractivity contribution < 1.29 is 14.3 Å². The van der Waals surface area contributed by atoms with Crippen molar-refractivity contribution >= 4 is 29.3 Å². The van der Waals surface area contributed by atoms with Gasteiger partial charge < -0.3 is 19.9 Å². The van der Waals surface area contributed by atoms with Crippen molar-refractivity contribution in [1.82, 2.24) is 10.2 Å². The summed E-state index contributed by atoms with van der Waals surface area (Å²) in [4.78, 5) is 28.0. The molecule has 1 aliphatic rings. The van der Waals surface area contributed by atoms with Gasteiger partial charge in [-0.1, -0.05) is 12.1 Å². The summed E-state index contributed by atoms with van der Waals surface area (Å²) in [6, 6.07) is 8.37. The van der Waals surface area contributed by atoms with Gasteiger partial charge in [0.2, 0.25) is 11.8 Å². The van der Waals surface area contributed by atoms with Crippen molar-refractivity contribution in [2.45, 2.75) is 13.8 Å². The van der Waals surface area contributed by atoms with Gasteiger partial charge in [0.25, 0.3) is 0 Å². The third-order valence-corrected chi connectivity index (χ3v) is 5.19. The second-order valence-corrected chi connectivity index (χ2v) is 7.24. The van der Waals surface area contributed by atoms with Gasteiger partial charge in [-0.05, 0) is 31.5 Å². The Morgan fingerprint density at radius 2 is 2.04 bits per heavy atom. The molecular formula is C19H29N3O3S. The maximum absolute atomic E-state index is 12.0. The van der Waals surface area contributed by atoms with E-state index >= 15 is 0 Å². The average Bonchev–Trinajstić information content (AvgIpc) is 2.66. The fraction of sp³-hybridized carbons (Fsp3) is 0.579. The van der Waals surface area contributed by atoms with Crippen molar-refractivity contribution in [3.05, 3.63) is 29.8 Å². The molecule has 144 valence electrons. The Balaban J connectivity index is 1.62. The van der Waals surface area contributed by atoms with Crippen LogP contribution in [-0.2, 0) is 14.3 Å². The van der Waals surface area contributed by atoms with Crippen molar-refractivity contribution in [2.75, 3.05) is 62.3 Å². The summed E-state index contributed by atoms with van der Waals surface area (Å²) in [6.07, 6.45) is 0. The van der Waals surface area contributed by atoms with E-state index in [4.69, 9.17) is 4.74 Å². The molecule has 1 aliphatic heterocycles. The zero-order valence-electron chi connectivity index (χ0n) is 15.7. The number of nitrogens with zero attached hydrogens (tertiary/aromatic N) is 2. The van der Waals surface area contributed by atoms with Gasteiger partial charge in [0, 0.05) is 38.4 Å². The highest BCUT2D eigenvalue weighted by Gasteiger charge is 2.16. The third kappa shape index (κ3) is 6.88. The highest BCUT2D eigenvalue weighted by molar-refractivity contribution is 8.00. The first-order chi connectivity index (χ1) is 12.6. The number of rotatable bonds is 9. The molecule has 1 fully saturated rings. The van der Waals surface area contributed by atoms with Crippen LogP contribution in [0.15, 0.2) is 24.3 Å². The van der Waals surface area contributed by atoms with Gasteiger partial charge in [-0.25, -0.2) is 0 Å². The summed E-state index contributed by atoms with van der Waals surface area (Å²) >= 11 is 1.37. The van der Waals surface area contributed by atoms with Crippen molar-refractivity contribution in [3.63, 3.8) is 0 Å². The van der Waals surface area contributed by atoms with E-state index in [1.807, 2.05) is 6.07 Å². The molecule has 1 aromatic carbocycles. The van der Waals surface area contributed by atoms with E-state index in [0.29, 0.717) is 44.4 Å². The van der Waals surface area contributed by atoms with E-state index in [1.165, 1.54) is 23.0 Å². The lowest BCUT2D eigenvalue weighted by Crippen LogP contribution is -2.41. The van der Waals surface area contributed by atoms with E-state index in [9.17, 15) is 9.59 Å². The summed E-state index contributed by atoms with van der Waals surface area (Å²) in [5, 5.41) is 2.94. The number of thioether (sulfide) groups is 1. The van der Waals surface area contributed by atoms with Gasteiger partial charge in [0.1, 0.15) is 0 Å². The Bertz CT molecular complexity index is 591. The Hall–Kier alpha value is -1.73. The maximum Gasteiger partial charge on any atom is 0.232 e. The Labute approximate surface area is 160 Å². The van der Waals surface area contributed by atoms with Crippen LogP contribution in [-0.4, -0.2) is 74.2 Å². The van der Waals surface area contributed by atoms with Crippen molar-refractivity contribution in [3.8, 4) is 0 Å². The van der Waals surface area contributed by atoms with Crippen LogP contribution < -0.4 is 10.2 Å². The van der Waals surface area contributed by atoms with Gasteiger partial charge in [0.05, 0.1) is 24.7 Å². The number of benzene rings is 1. The fourth-order valence-corrected chi connectivity index (χ4v) is 3.56. The summed E-state index contributed by atoms with van der Waals surface area (Å²) < 4.78 is 5.24. The molecule has 2 amide bonds. The molecular weight excluding hydrogens is 350 g/mol. The number of ether oxygens (including phenoxy) is 1. The first-order valence-corrected chi connectivity index (χ1v) is 10.3. The van der Waals surface area contributed by atoms with Gasteiger partial charge in [-0.15, -0.1) is 11.8 Å². The van der Waals surface area contributed by atoms with Crippen LogP contribution in [0.2, 0.25) is 0 Å². The molecule has 0 atom stereocenters. The predicted molar refractivity (Wildman–Crippen MR) is 107 cm³/mol. The minimum Gasteiger partial charge on any atom is -0.378 e. The lowest BCUT2D eigenvalue weighted by molar-refractivity contribution is -0.132. The van der Waals surface area contributed by atoms with E-state index < -0.39 is 0 Å². The molecule has 0 unspecified atom stereocenters. The van der Waals surface area contributed by atoms with E-state index in [2.05, 4.69) is 42.3 Å². The molecule has 0 aromatic heterocycles. The monoisotopic (exact) mass is 379 g/mol. The standard InChI is InChI=1S/C19H29N3O3S/c1-3-21(17-6-4-5-16(2)13-17)8-7-20-18(23)14-26-15-19(24)22-9-11-25-12-10-22/h4-6,13H,3,7-12,14-15H2,1-2H3,(H,20,23). The molecule has 0 bridgehead atoms. The van der Waals surface area contributed by atoms with E-state index in [-0.39, 0.29) is 11.8 Å².